The van der Waals surface area contributed by atoms with E-state index in [2.05, 4.69) is 22.2 Å². The summed E-state index contributed by atoms with van der Waals surface area (Å²) in [6.45, 7) is 1.99. The fraction of sp³-hybridized carbons (Fsp3) is 0.667. The monoisotopic (exact) mass is 122 g/mol. The number of nitrogens with one attached hydrogen (secondary N) is 1. The molecule has 0 aliphatic carbocycles. The van der Waals surface area contributed by atoms with Crippen LogP contribution in [0.3, 0.4) is 0 Å². The zero-order valence-corrected chi connectivity index (χ0v) is 4.52. The fourth-order valence-electron chi connectivity index (χ4n) is 0.323. The second-order valence-corrected chi connectivity index (χ2v) is 0.989. The molecule has 0 radical (unpaired) electrons. The maximum absolute atomic E-state index is 6.47. The number of nitrogens with zero attached hydrogens (tertiary/aromatic N) is 1. The lowest BCUT2D eigenvalue weighted by atomic mass is 10.7. The fourth-order valence-corrected chi connectivity index (χ4v) is 0.323. The van der Waals surface area contributed by atoms with E-state index in [9.17, 15) is 0 Å². The Balaban J connectivity index is 0.000000162. The molecule has 1 aliphatic rings. The van der Waals surface area contributed by atoms with Crippen LogP contribution in [0.5, 0.6) is 0 Å². The lowest BCUT2D eigenvalue weighted by Crippen LogP contribution is -2.04. The molecule has 3 nitrogen and oxygen atoms in total. The molecular weight excluding hydrogens is 115 g/mol. The smallest absolute Gasteiger partial charge is 0.0825 e. The molecule has 0 amide bonds. The van der Waals surface area contributed by atoms with Gasteiger partial charge >= 0.3 is 0 Å². The Kier molecular flexibility index (Phi) is 5.49. The van der Waals surface area contributed by atoms with Crippen LogP contribution in [0.2, 0.25) is 0 Å². The first-order valence-corrected chi connectivity index (χ1v) is 2.22. The second-order valence-electron chi connectivity index (χ2n) is 0.989. The Morgan fingerprint density at radius 2 is 2.43 bits per heavy atom. The molecule has 7 heavy (non-hydrogen) atoms. The van der Waals surface area contributed by atoms with Crippen LogP contribution in [0.4, 0.5) is 0 Å². The third-order valence-electron chi connectivity index (χ3n) is 0.568. The van der Waals surface area contributed by atoms with Crippen molar-refractivity contribution in [3.63, 3.8) is 0 Å². The Morgan fingerprint density at radius 3 is 2.57 bits per heavy atom. The molecule has 0 saturated heterocycles. The van der Waals surface area contributed by atoms with Gasteiger partial charge in [-0.05, 0) is 0 Å². The first-order chi connectivity index (χ1) is 3.50. The van der Waals surface area contributed by atoms with E-state index in [1.54, 1.807) is 6.34 Å². The first-order valence-electron chi connectivity index (χ1n) is 1.89. The molecule has 0 bridgehead atoms. The summed E-state index contributed by atoms with van der Waals surface area (Å²) in [4.78, 5) is 3.85. The van der Waals surface area contributed by atoms with Crippen molar-refractivity contribution in [1.29, 1.82) is 0 Å². The molecule has 0 atom stereocenters. The third-order valence-corrected chi connectivity index (χ3v) is 0.568. The van der Waals surface area contributed by atoms with Crippen LogP contribution in [-0.2, 0) is 0 Å². The number of aliphatic imine (C=N–C) groups is 1. The van der Waals surface area contributed by atoms with Gasteiger partial charge in [-0.3, -0.25) is 9.65 Å². The van der Waals surface area contributed by atoms with Gasteiger partial charge in [0.25, 0.3) is 0 Å². The second kappa shape index (κ2) is 5.72. The van der Waals surface area contributed by atoms with Gasteiger partial charge in [0.05, 0.1) is 24.7 Å². The lowest BCUT2D eigenvalue weighted by molar-refractivity contribution is 0.632. The number of halogens is 1. The summed E-state index contributed by atoms with van der Waals surface area (Å²) in [7, 11) is 0. The first kappa shape index (κ1) is 6.72. The van der Waals surface area contributed by atoms with Crippen molar-refractivity contribution in [2.45, 2.75) is 0 Å². The molecule has 0 aromatic heterocycles. The number of hydrogen-bond acceptors (Lipinski definition) is 3. The van der Waals surface area contributed by atoms with Gasteiger partial charge in [0.2, 0.25) is 0 Å². The van der Waals surface area contributed by atoms with Gasteiger partial charge in [-0.15, -0.1) is 0 Å². The maximum Gasteiger partial charge on any atom is 0.0825 e. The molecule has 0 saturated carbocycles. The maximum atomic E-state index is 6.47. The van der Waals surface area contributed by atoms with Crippen molar-refractivity contribution in [2.75, 3.05) is 13.1 Å². The van der Waals surface area contributed by atoms with Crippen molar-refractivity contribution in [1.82, 2.24) is 5.32 Å². The predicted octanol–water partition coefficient (Wildman–Crippen LogP) is -0.250. The van der Waals surface area contributed by atoms with Gasteiger partial charge < -0.3 is 5.32 Å². The molecule has 0 aromatic carbocycles. The molecule has 1 rings (SSSR count). The van der Waals surface area contributed by atoms with Gasteiger partial charge in [-0.25, -0.2) is 0 Å². The van der Waals surface area contributed by atoms with Gasteiger partial charge in [0.1, 0.15) is 0 Å². The van der Waals surface area contributed by atoms with E-state index in [1.165, 1.54) is 0 Å². The van der Waals surface area contributed by atoms with E-state index in [4.69, 9.17) is 4.66 Å². The summed E-state index contributed by atoms with van der Waals surface area (Å²) in [5.74, 6) is 0. The van der Waals surface area contributed by atoms with Crippen LogP contribution >= 0.6 is 11.9 Å². The molecule has 0 aromatic rings. The van der Waals surface area contributed by atoms with Crippen molar-refractivity contribution < 1.29 is 4.66 Å². The topological polar surface area (TPSA) is 44.6 Å². The van der Waals surface area contributed by atoms with Crippen LogP contribution < -0.4 is 5.32 Å². The summed E-state index contributed by atoms with van der Waals surface area (Å²) in [6, 6.07) is 0. The third kappa shape index (κ3) is 3.55. The molecule has 4 heteroatoms. The Labute approximate surface area is 47.2 Å². The van der Waals surface area contributed by atoms with Crippen molar-refractivity contribution >= 4 is 18.2 Å². The summed E-state index contributed by atoms with van der Waals surface area (Å²) < 4.78 is 6.47. The number of rotatable bonds is 0. The highest BCUT2D eigenvalue weighted by molar-refractivity contribution is 6.04. The highest BCUT2D eigenvalue weighted by Crippen LogP contribution is 1.68. The highest BCUT2D eigenvalue weighted by atomic mass is 35.5. The van der Waals surface area contributed by atoms with Crippen LogP contribution in [0, 0.1) is 0 Å². The Bertz CT molecular complexity index is 50.9. The summed E-state index contributed by atoms with van der Waals surface area (Å²) in [5, 5.41) is 2.93. The van der Waals surface area contributed by atoms with Crippen molar-refractivity contribution in [3.05, 3.63) is 0 Å². The van der Waals surface area contributed by atoms with Gasteiger partial charge in [0.15, 0.2) is 0 Å². The van der Waals surface area contributed by atoms with Crippen molar-refractivity contribution in [2.24, 2.45) is 4.99 Å². The van der Waals surface area contributed by atoms with E-state index in [0.717, 1.165) is 13.1 Å². The SMILES string of the molecule is C1=NCCN1.OCl. The molecule has 0 spiro atoms. The molecule has 0 unspecified atom stereocenters. The summed E-state index contributed by atoms with van der Waals surface area (Å²) >= 11 is 3.64. The van der Waals surface area contributed by atoms with E-state index >= 15 is 0 Å². The zero-order valence-electron chi connectivity index (χ0n) is 3.76. The van der Waals surface area contributed by atoms with Crippen molar-refractivity contribution in [3.8, 4) is 0 Å². The zero-order chi connectivity index (χ0) is 5.54. The molecule has 2 N–H and O–H groups in total. The lowest BCUT2D eigenvalue weighted by Gasteiger charge is -1.75. The normalized spacial score (nSPS) is 14.6. The average molecular weight is 123 g/mol. The van der Waals surface area contributed by atoms with Crippen LogP contribution in [-0.4, -0.2) is 24.1 Å². The molecule has 1 heterocycles. The van der Waals surface area contributed by atoms with Gasteiger partial charge in [-0.2, -0.15) is 0 Å². The Morgan fingerprint density at radius 1 is 1.71 bits per heavy atom. The number of hydrogen-bond donors (Lipinski definition) is 2. The van der Waals surface area contributed by atoms with E-state index in [1.807, 2.05) is 0 Å². The highest BCUT2D eigenvalue weighted by Gasteiger charge is 1.82. The molecule has 0 fully saturated rings. The largest absolute Gasteiger partial charge is 0.375 e. The van der Waals surface area contributed by atoms with E-state index in [-0.39, 0.29) is 0 Å². The molecule has 42 valence electrons. The predicted molar refractivity (Wildman–Crippen MR) is 29.4 cm³/mol. The summed E-state index contributed by atoms with van der Waals surface area (Å²) in [5.41, 5.74) is 0. The molecule has 1 aliphatic heterocycles. The minimum absolute atomic E-state index is 0.958. The molecular formula is C3H7ClN2O. The van der Waals surface area contributed by atoms with E-state index in [0.29, 0.717) is 0 Å². The van der Waals surface area contributed by atoms with Crippen LogP contribution in [0.1, 0.15) is 0 Å². The van der Waals surface area contributed by atoms with Crippen LogP contribution in [0.15, 0.2) is 4.99 Å². The standard InChI is InChI=1S/C3H6N2.ClHO/c1-2-5-3-4-1;1-2/h3H,1-2H2,(H,4,5);2H. The average Bonchev–Trinajstić information content (AvgIpc) is 2.23. The quantitative estimate of drug-likeness (QED) is 0.466. The van der Waals surface area contributed by atoms with Crippen LogP contribution in [0.25, 0.3) is 0 Å². The minimum Gasteiger partial charge on any atom is -0.375 e. The minimum atomic E-state index is 0.958. The van der Waals surface area contributed by atoms with Gasteiger partial charge in [0, 0.05) is 6.54 Å². The van der Waals surface area contributed by atoms with E-state index < -0.39 is 0 Å². The Hall–Kier alpha value is -0.280. The van der Waals surface area contributed by atoms with Gasteiger partial charge in [-0.1, -0.05) is 0 Å². The summed E-state index contributed by atoms with van der Waals surface area (Å²) in [6.07, 6.45) is 1.74.